The lowest BCUT2D eigenvalue weighted by Gasteiger charge is -2.18. The standard InChI is InChI=1S/C14H19NO4S/c1-10(8-14(16)17)15-20(18,19)13-7-6-11-4-2-3-5-12(11)9-13/h6-7,9-10,15H,2-5,8H2,1H3,(H,16,17). The van der Waals surface area contributed by atoms with E-state index in [4.69, 9.17) is 5.11 Å². The van der Waals surface area contributed by atoms with Gasteiger partial charge in [-0.2, -0.15) is 0 Å². The third-order valence-corrected chi connectivity index (χ3v) is 5.05. The highest BCUT2D eigenvalue weighted by Crippen LogP contribution is 2.24. The molecule has 0 radical (unpaired) electrons. The van der Waals surface area contributed by atoms with Gasteiger partial charge in [0.15, 0.2) is 0 Å². The van der Waals surface area contributed by atoms with Crippen molar-refractivity contribution < 1.29 is 18.3 Å². The highest BCUT2D eigenvalue weighted by Gasteiger charge is 2.20. The number of aryl methyl sites for hydroxylation is 2. The van der Waals surface area contributed by atoms with Crippen LogP contribution in [0.1, 0.15) is 37.3 Å². The van der Waals surface area contributed by atoms with Gasteiger partial charge >= 0.3 is 5.97 Å². The topological polar surface area (TPSA) is 83.5 Å². The van der Waals surface area contributed by atoms with E-state index in [0.717, 1.165) is 31.2 Å². The van der Waals surface area contributed by atoms with Gasteiger partial charge < -0.3 is 5.11 Å². The van der Waals surface area contributed by atoms with Crippen LogP contribution in [0.4, 0.5) is 0 Å². The zero-order chi connectivity index (χ0) is 14.8. The van der Waals surface area contributed by atoms with Gasteiger partial charge in [0.05, 0.1) is 11.3 Å². The Hall–Kier alpha value is -1.40. The van der Waals surface area contributed by atoms with Crippen LogP contribution in [0.25, 0.3) is 0 Å². The Morgan fingerprint density at radius 1 is 1.30 bits per heavy atom. The van der Waals surface area contributed by atoms with E-state index in [0.29, 0.717) is 0 Å². The summed E-state index contributed by atoms with van der Waals surface area (Å²) >= 11 is 0. The van der Waals surface area contributed by atoms with E-state index in [1.807, 2.05) is 6.07 Å². The first-order valence-corrected chi connectivity index (χ1v) is 8.23. The van der Waals surface area contributed by atoms with E-state index < -0.39 is 22.0 Å². The Morgan fingerprint density at radius 3 is 2.60 bits per heavy atom. The van der Waals surface area contributed by atoms with Crippen LogP contribution in [-0.4, -0.2) is 25.5 Å². The normalized spacial score (nSPS) is 16.4. The van der Waals surface area contributed by atoms with Crippen molar-refractivity contribution in [2.24, 2.45) is 0 Å². The maximum Gasteiger partial charge on any atom is 0.304 e. The lowest BCUT2D eigenvalue weighted by Crippen LogP contribution is -2.34. The first-order valence-electron chi connectivity index (χ1n) is 6.74. The molecule has 1 aliphatic rings. The molecule has 1 aliphatic carbocycles. The van der Waals surface area contributed by atoms with Crippen molar-refractivity contribution in [1.82, 2.24) is 4.72 Å². The highest BCUT2D eigenvalue weighted by atomic mass is 32.2. The molecule has 5 nitrogen and oxygen atoms in total. The average molecular weight is 297 g/mol. The maximum absolute atomic E-state index is 12.2. The summed E-state index contributed by atoms with van der Waals surface area (Å²) in [6, 6.07) is 4.54. The van der Waals surface area contributed by atoms with Crippen LogP contribution in [0, 0.1) is 0 Å². The first kappa shape index (κ1) is 15.0. The number of fused-ring (bicyclic) bond motifs is 1. The van der Waals surface area contributed by atoms with Crippen molar-refractivity contribution in [1.29, 1.82) is 0 Å². The van der Waals surface area contributed by atoms with Gasteiger partial charge in [-0.15, -0.1) is 0 Å². The molecule has 0 heterocycles. The van der Waals surface area contributed by atoms with Gasteiger partial charge in [0.1, 0.15) is 0 Å². The Labute approximate surface area is 119 Å². The predicted octanol–water partition coefficient (Wildman–Crippen LogP) is 1.71. The van der Waals surface area contributed by atoms with Gasteiger partial charge in [-0.1, -0.05) is 6.07 Å². The maximum atomic E-state index is 12.2. The number of benzene rings is 1. The smallest absolute Gasteiger partial charge is 0.304 e. The zero-order valence-corrected chi connectivity index (χ0v) is 12.2. The Bertz CT molecular complexity index is 610. The summed E-state index contributed by atoms with van der Waals surface area (Å²) in [5, 5.41) is 8.67. The predicted molar refractivity (Wildman–Crippen MR) is 75.1 cm³/mol. The molecule has 0 amide bonds. The second kappa shape index (κ2) is 5.93. The van der Waals surface area contributed by atoms with Gasteiger partial charge in [-0.25, -0.2) is 13.1 Å². The minimum absolute atomic E-state index is 0.218. The van der Waals surface area contributed by atoms with Gasteiger partial charge in [0.25, 0.3) is 0 Å². The Morgan fingerprint density at radius 2 is 1.95 bits per heavy atom. The number of hydrogen-bond donors (Lipinski definition) is 2. The van der Waals surface area contributed by atoms with Gasteiger partial charge in [0.2, 0.25) is 10.0 Å². The van der Waals surface area contributed by atoms with E-state index >= 15 is 0 Å². The van der Waals surface area contributed by atoms with E-state index in [1.54, 1.807) is 19.1 Å². The lowest BCUT2D eigenvalue weighted by atomic mass is 9.92. The van der Waals surface area contributed by atoms with Gasteiger partial charge in [-0.05, 0) is 55.9 Å². The summed E-state index contributed by atoms with van der Waals surface area (Å²) in [7, 11) is -3.65. The monoisotopic (exact) mass is 297 g/mol. The van der Waals surface area contributed by atoms with E-state index in [9.17, 15) is 13.2 Å². The van der Waals surface area contributed by atoms with Crippen molar-refractivity contribution in [3.63, 3.8) is 0 Å². The van der Waals surface area contributed by atoms with Crippen LogP contribution < -0.4 is 4.72 Å². The van der Waals surface area contributed by atoms with Crippen LogP contribution >= 0.6 is 0 Å². The van der Waals surface area contributed by atoms with E-state index in [1.165, 1.54) is 5.56 Å². The van der Waals surface area contributed by atoms with Crippen LogP contribution in [0.15, 0.2) is 23.1 Å². The molecule has 0 aliphatic heterocycles. The molecule has 0 aromatic heterocycles. The molecule has 1 aromatic carbocycles. The first-order chi connectivity index (χ1) is 9.38. The number of carboxylic acid groups (broad SMARTS) is 1. The third kappa shape index (κ3) is 3.58. The summed E-state index contributed by atoms with van der Waals surface area (Å²) < 4.78 is 26.8. The molecular formula is C14H19NO4S. The fraction of sp³-hybridized carbons (Fsp3) is 0.500. The minimum atomic E-state index is -3.65. The van der Waals surface area contributed by atoms with Crippen LogP contribution in [-0.2, 0) is 27.7 Å². The third-order valence-electron chi connectivity index (χ3n) is 3.47. The Balaban J connectivity index is 2.19. The molecule has 2 rings (SSSR count). The number of hydrogen-bond acceptors (Lipinski definition) is 3. The molecule has 0 spiro atoms. The second-order valence-corrected chi connectivity index (χ2v) is 6.97. The Kier molecular flexibility index (Phi) is 4.45. The molecule has 110 valence electrons. The summed E-state index contributed by atoms with van der Waals surface area (Å²) in [5.41, 5.74) is 2.30. The zero-order valence-electron chi connectivity index (χ0n) is 11.4. The summed E-state index contributed by atoms with van der Waals surface area (Å²) in [4.78, 5) is 10.8. The fourth-order valence-electron chi connectivity index (χ4n) is 2.51. The quantitative estimate of drug-likeness (QED) is 0.866. The molecule has 0 saturated heterocycles. The van der Waals surface area contributed by atoms with Crippen LogP contribution in [0.5, 0.6) is 0 Å². The summed E-state index contributed by atoms with van der Waals surface area (Å²) in [6.45, 7) is 1.55. The van der Waals surface area contributed by atoms with Gasteiger partial charge in [0, 0.05) is 6.04 Å². The van der Waals surface area contributed by atoms with E-state index in [-0.39, 0.29) is 11.3 Å². The minimum Gasteiger partial charge on any atom is -0.481 e. The SMILES string of the molecule is CC(CC(=O)O)NS(=O)(=O)c1ccc2c(c1)CCCC2. The second-order valence-electron chi connectivity index (χ2n) is 5.26. The molecular weight excluding hydrogens is 278 g/mol. The molecule has 2 N–H and O–H groups in total. The molecule has 1 aromatic rings. The molecule has 0 saturated carbocycles. The molecule has 0 fully saturated rings. The van der Waals surface area contributed by atoms with Crippen molar-refractivity contribution in [3.8, 4) is 0 Å². The van der Waals surface area contributed by atoms with Crippen LogP contribution in [0.3, 0.4) is 0 Å². The fourth-order valence-corrected chi connectivity index (χ4v) is 3.81. The lowest BCUT2D eigenvalue weighted by molar-refractivity contribution is -0.137. The largest absolute Gasteiger partial charge is 0.481 e. The summed E-state index contributed by atoms with van der Waals surface area (Å²) in [5.74, 6) is -1.02. The number of carbonyl (C=O) groups is 1. The molecule has 0 bridgehead atoms. The van der Waals surface area contributed by atoms with Crippen molar-refractivity contribution in [3.05, 3.63) is 29.3 Å². The highest BCUT2D eigenvalue weighted by molar-refractivity contribution is 7.89. The van der Waals surface area contributed by atoms with Crippen molar-refractivity contribution >= 4 is 16.0 Å². The van der Waals surface area contributed by atoms with Crippen LogP contribution in [0.2, 0.25) is 0 Å². The van der Waals surface area contributed by atoms with E-state index in [2.05, 4.69) is 4.72 Å². The molecule has 20 heavy (non-hydrogen) atoms. The molecule has 1 atom stereocenters. The van der Waals surface area contributed by atoms with Gasteiger partial charge in [-0.3, -0.25) is 4.79 Å². The average Bonchev–Trinajstić information content (AvgIpc) is 2.36. The molecule has 6 heteroatoms. The summed E-state index contributed by atoms with van der Waals surface area (Å²) in [6.07, 6.45) is 3.90. The number of nitrogens with one attached hydrogen (secondary N) is 1. The number of rotatable bonds is 5. The van der Waals surface area contributed by atoms with Crippen molar-refractivity contribution in [2.75, 3.05) is 0 Å². The number of carboxylic acids is 1. The molecule has 1 unspecified atom stereocenters. The van der Waals surface area contributed by atoms with Crippen molar-refractivity contribution in [2.45, 2.75) is 50.0 Å². The number of sulfonamides is 1. The number of aliphatic carboxylic acids is 1.